The van der Waals surface area contributed by atoms with Gasteiger partial charge in [-0.2, -0.15) is 12.7 Å². The number of rotatable bonds is 3. The molecule has 1 aliphatic rings. The third-order valence-electron chi connectivity index (χ3n) is 2.13. The van der Waals surface area contributed by atoms with E-state index >= 15 is 0 Å². The molecule has 0 aromatic heterocycles. The van der Waals surface area contributed by atoms with Gasteiger partial charge in [-0.3, -0.25) is 5.41 Å². The van der Waals surface area contributed by atoms with Crippen molar-refractivity contribution in [1.82, 2.24) is 9.03 Å². The van der Waals surface area contributed by atoms with Gasteiger partial charge in [-0.1, -0.05) is 0 Å². The summed E-state index contributed by atoms with van der Waals surface area (Å²) in [6.45, 7) is 0.438. The zero-order chi connectivity index (χ0) is 10.1. The van der Waals surface area contributed by atoms with Crippen LogP contribution in [0.25, 0.3) is 0 Å². The van der Waals surface area contributed by atoms with Crippen LogP contribution in [0.15, 0.2) is 0 Å². The Kier molecular flexibility index (Phi) is 2.89. The minimum Gasteiger partial charge on any atom is -0.386 e. The second-order valence-corrected chi connectivity index (χ2v) is 4.76. The highest BCUT2D eigenvalue weighted by Crippen LogP contribution is 2.19. The average Bonchev–Trinajstić information content (AvgIpc) is 2.52. The molecular weight excluding hydrogens is 192 g/mol. The van der Waals surface area contributed by atoms with Crippen LogP contribution in [-0.2, 0) is 10.2 Å². The maximum atomic E-state index is 11.4. The maximum Gasteiger partial charge on any atom is 0.279 e. The summed E-state index contributed by atoms with van der Waals surface area (Å²) >= 11 is 0. The Morgan fingerprint density at radius 3 is 2.77 bits per heavy atom. The number of nitrogens with zero attached hydrogens (tertiary/aromatic N) is 1. The molecule has 4 N–H and O–H groups in total. The molecule has 6 nitrogen and oxygen atoms in total. The first kappa shape index (κ1) is 10.4. The molecule has 0 spiro atoms. The summed E-state index contributed by atoms with van der Waals surface area (Å²) in [5, 5.41) is 7.22. The first-order valence-corrected chi connectivity index (χ1v) is 5.47. The summed E-state index contributed by atoms with van der Waals surface area (Å²) in [6.07, 6.45) is 1.39. The van der Waals surface area contributed by atoms with E-state index in [-0.39, 0.29) is 5.84 Å². The van der Waals surface area contributed by atoms with Gasteiger partial charge in [-0.05, 0) is 12.8 Å². The van der Waals surface area contributed by atoms with Gasteiger partial charge in [-0.15, -0.1) is 0 Å². The third-order valence-corrected chi connectivity index (χ3v) is 3.70. The monoisotopic (exact) mass is 206 g/mol. The SMILES string of the molecule is CNS(=O)(=O)N1CCCC1C(=N)N. The van der Waals surface area contributed by atoms with Gasteiger partial charge in [0.2, 0.25) is 0 Å². The standard InChI is InChI=1S/C6H14N4O2S/c1-9-13(11,12)10-4-2-3-5(10)6(7)8/h5,9H,2-4H2,1H3,(H3,7,8). The fraction of sp³-hybridized carbons (Fsp3) is 0.833. The van der Waals surface area contributed by atoms with Crippen LogP contribution in [0.5, 0.6) is 0 Å². The molecule has 0 aliphatic carbocycles. The van der Waals surface area contributed by atoms with Crippen LogP contribution >= 0.6 is 0 Å². The lowest BCUT2D eigenvalue weighted by molar-refractivity contribution is 0.437. The highest BCUT2D eigenvalue weighted by atomic mass is 32.2. The summed E-state index contributed by atoms with van der Waals surface area (Å²) in [4.78, 5) is 0. The highest BCUT2D eigenvalue weighted by molar-refractivity contribution is 7.87. The normalized spacial score (nSPS) is 24.8. The molecule has 1 aliphatic heterocycles. The highest BCUT2D eigenvalue weighted by Gasteiger charge is 2.34. The zero-order valence-corrected chi connectivity index (χ0v) is 8.26. The fourth-order valence-electron chi connectivity index (χ4n) is 1.46. The minimum absolute atomic E-state index is 0.0867. The van der Waals surface area contributed by atoms with E-state index in [1.165, 1.54) is 11.4 Å². The van der Waals surface area contributed by atoms with Crippen LogP contribution in [-0.4, -0.2) is 38.2 Å². The Morgan fingerprint density at radius 2 is 2.31 bits per heavy atom. The van der Waals surface area contributed by atoms with Crippen molar-refractivity contribution >= 4 is 16.0 Å². The Bertz CT molecular complexity index is 300. The van der Waals surface area contributed by atoms with Crippen molar-refractivity contribution in [2.24, 2.45) is 5.73 Å². The lowest BCUT2D eigenvalue weighted by Crippen LogP contribution is -2.47. The molecule has 1 rings (SSSR count). The van der Waals surface area contributed by atoms with Crippen molar-refractivity contribution in [3.8, 4) is 0 Å². The molecule has 0 saturated carbocycles. The number of hydrogen-bond acceptors (Lipinski definition) is 3. The van der Waals surface area contributed by atoms with E-state index in [2.05, 4.69) is 4.72 Å². The van der Waals surface area contributed by atoms with E-state index in [4.69, 9.17) is 11.1 Å². The molecule has 0 amide bonds. The maximum absolute atomic E-state index is 11.4. The number of nitrogens with two attached hydrogens (primary N) is 1. The lowest BCUT2D eigenvalue weighted by Gasteiger charge is -2.21. The molecule has 1 saturated heterocycles. The van der Waals surface area contributed by atoms with Crippen LogP contribution in [0.3, 0.4) is 0 Å². The van der Waals surface area contributed by atoms with E-state index in [1.54, 1.807) is 0 Å². The molecule has 0 aromatic carbocycles. The van der Waals surface area contributed by atoms with Crippen molar-refractivity contribution in [3.05, 3.63) is 0 Å². The molecular formula is C6H14N4O2S. The van der Waals surface area contributed by atoms with Crippen molar-refractivity contribution in [3.63, 3.8) is 0 Å². The van der Waals surface area contributed by atoms with Gasteiger partial charge >= 0.3 is 0 Å². The lowest BCUT2D eigenvalue weighted by atomic mass is 10.2. The van der Waals surface area contributed by atoms with Crippen molar-refractivity contribution in [1.29, 1.82) is 5.41 Å². The Hall–Kier alpha value is -0.660. The predicted molar refractivity (Wildman–Crippen MR) is 49.6 cm³/mol. The van der Waals surface area contributed by atoms with E-state index in [0.717, 1.165) is 6.42 Å². The van der Waals surface area contributed by atoms with Crippen LogP contribution in [0.4, 0.5) is 0 Å². The van der Waals surface area contributed by atoms with Gasteiger partial charge in [0.1, 0.15) is 5.84 Å². The molecule has 0 aromatic rings. The summed E-state index contributed by atoms with van der Waals surface area (Å²) in [6, 6.07) is -0.461. The molecule has 1 atom stereocenters. The van der Waals surface area contributed by atoms with Crippen molar-refractivity contribution in [2.45, 2.75) is 18.9 Å². The smallest absolute Gasteiger partial charge is 0.279 e. The first-order chi connectivity index (χ1) is 5.99. The van der Waals surface area contributed by atoms with Gasteiger partial charge in [0.25, 0.3) is 10.2 Å². The number of hydrogen-bond donors (Lipinski definition) is 3. The first-order valence-electron chi connectivity index (χ1n) is 4.03. The average molecular weight is 206 g/mol. The van der Waals surface area contributed by atoms with E-state index in [1.807, 2.05) is 0 Å². The molecule has 1 heterocycles. The topological polar surface area (TPSA) is 99.3 Å². The third kappa shape index (κ3) is 1.98. The number of amidine groups is 1. The van der Waals surface area contributed by atoms with Gasteiger partial charge in [0.15, 0.2) is 0 Å². The van der Waals surface area contributed by atoms with Crippen LogP contribution in [0, 0.1) is 5.41 Å². The van der Waals surface area contributed by atoms with Crippen LogP contribution in [0.1, 0.15) is 12.8 Å². The molecule has 1 fully saturated rings. The van der Waals surface area contributed by atoms with E-state index < -0.39 is 16.3 Å². The zero-order valence-electron chi connectivity index (χ0n) is 7.45. The minimum atomic E-state index is -3.43. The van der Waals surface area contributed by atoms with E-state index in [0.29, 0.717) is 13.0 Å². The summed E-state index contributed by atoms with van der Waals surface area (Å²) in [5.74, 6) is -0.0867. The predicted octanol–water partition coefficient (Wildman–Crippen LogP) is -1.15. The largest absolute Gasteiger partial charge is 0.386 e. The molecule has 0 radical (unpaired) electrons. The van der Waals surface area contributed by atoms with Gasteiger partial charge in [-0.25, -0.2) is 4.72 Å². The summed E-state index contributed by atoms with van der Waals surface area (Å²) in [5.41, 5.74) is 5.29. The molecule has 0 bridgehead atoms. The Labute approximate surface area is 77.8 Å². The number of nitrogens with one attached hydrogen (secondary N) is 2. The summed E-state index contributed by atoms with van der Waals surface area (Å²) < 4.78 is 26.2. The van der Waals surface area contributed by atoms with Gasteiger partial charge in [0, 0.05) is 13.6 Å². The second-order valence-electron chi connectivity index (χ2n) is 2.93. The molecule has 76 valence electrons. The second kappa shape index (κ2) is 3.60. The molecule has 1 unspecified atom stereocenters. The Balaban J connectivity index is 2.86. The van der Waals surface area contributed by atoms with E-state index in [9.17, 15) is 8.42 Å². The van der Waals surface area contributed by atoms with Crippen molar-refractivity contribution in [2.75, 3.05) is 13.6 Å². The fourth-order valence-corrected chi connectivity index (χ4v) is 2.61. The van der Waals surface area contributed by atoms with Crippen LogP contribution < -0.4 is 10.5 Å². The van der Waals surface area contributed by atoms with Gasteiger partial charge in [0.05, 0.1) is 6.04 Å². The summed E-state index contributed by atoms with van der Waals surface area (Å²) in [7, 11) is -2.08. The van der Waals surface area contributed by atoms with Crippen LogP contribution in [0.2, 0.25) is 0 Å². The van der Waals surface area contributed by atoms with Gasteiger partial charge < -0.3 is 5.73 Å². The molecule has 7 heteroatoms. The molecule has 13 heavy (non-hydrogen) atoms. The van der Waals surface area contributed by atoms with Crippen molar-refractivity contribution < 1.29 is 8.42 Å². The quantitative estimate of drug-likeness (QED) is 0.401. The Morgan fingerprint density at radius 1 is 1.69 bits per heavy atom.